The van der Waals surface area contributed by atoms with Gasteiger partial charge in [-0.05, 0) is 36.4 Å². The highest BCUT2D eigenvalue weighted by Crippen LogP contribution is 2.19. The molecule has 4 aromatic heterocycles. The summed E-state index contributed by atoms with van der Waals surface area (Å²) in [5.41, 5.74) is 0.826. The van der Waals surface area contributed by atoms with E-state index in [2.05, 4.69) is 9.97 Å². The second-order valence-electron chi connectivity index (χ2n) is 6.35. The first-order chi connectivity index (χ1) is 13.7. The fourth-order valence-corrected chi connectivity index (χ4v) is 3.38. The summed E-state index contributed by atoms with van der Waals surface area (Å²) < 4.78 is 3.02. The highest BCUT2D eigenvalue weighted by molar-refractivity contribution is 6.04. The van der Waals surface area contributed by atoms with E-state index < -0.39 is 0 Å². The molecule has 28 heavy (non-hydrogen) atoms. The third kappa shape index (κ3) is 2.43. The van der Waals surface area contributed by atoms with E-state index in [1.165, 1.54) is 10.8 Å². The van der Waals surface area contributed by atoms with E-state index in [0.29, 0.717) is 27.5 Å². The second-order valence-corrected chi connectivity index (χ2v) is 6.35. The van der Waals surface area contributed by atoms with Crippen LogP contribution in [0.2, 0.25) is 0 Å². The van der Waals surface area contributed by atoms with Crippen molar-refractivity contribution in [2.45, 2.75) is 0 Å². The van der Waals surface area contributed by atoms with Crippen LogP contribution in [0.15, 0.2) is 95.0 Å². The number of fused-ring (bicyclic) bond motifs is 3. The van der Waals surface area contributed by atoms with Gasteiger partial charge in [0.2, 0.25) is 0 Å². The Morgan fingerprint density at radius 2 is 1.46 bits per heavy atom. The zero-order valence-corrected chi connectivity index (χ0v) is 14.7. The van der Waals surface area contributed by atoms with Gasteiger partial charge >= 0.3 is 0 Å². The SMILES string of the molecule is O=c1c2cnc3ccn(-c4ccccn4)c(=O)c3c2ccn1-c1ccccc1. The number of rotatable bonds is 2. The molecule has 0 unspecified atom stereocenters. The quantitative estimate of drug-likeness (QED) is 0.450. The van der Waals surface area contributed by atoms with Gasteiger partial charge < -0.3 is 0 Å². The molecule has 0 spiro atoms. The molecule has 4 heterocycles. The van der Waals surface area contributed by atoms with Crippen molar-refractivity contribution in [1.29, 1.82) is 0 Å². The predicted molar refractivity (Wildman–Crippen MR) is 108 cm³/mol. The van der Waals surface area contributed by atoms with Crippen molar-refractivity contribution in [2.24, 2.45) is 0 Å². The Hall–Kier alpha value is -4.06. The van der Waals surface area contributed by atoms with Crippen molar-refractivity contribution in [3.8, 4) is 11.5 Å². The standard InChI is InChI=1S/C22H14N4O2/c27-21-17-14-24-18-10-13-26(19-8-4-5-11-23-19)22(28)20(18)16(17)9-12-25(21)15-6-2-1-3-7-15/h1-14H. The highest BCUT2D eigenvalue weighted by atomic mass is 16.1. The van der Waals surface area contributed by atoms with Crippen molar-refractivity contribution in [3.63, 3.8) is 0 Å². The minimum atomic E-state index is -0.258. The molecule has 0 aliphatic heterocycles. The Kier molecular flexibility index (Phi) is 3.62. The van der Waals surface area contributed by atoms with E-state index in [9.17, 15) is 9.59 Å². The Morgan fingerprint density at radius 3 is 2.25 bits per heavy atom. The molecule has 0 atom stereocenters. The fraction of sp³-hybridized carbons (Fsp3) is 0. The van der Waals surface area contributed by atoms with Crippen LogP contribution in [0, 0.1) is 0 Å². The summed E-state index contributed by atoms with van der Waals surface area (Å²) in [5.74, 6) is 0.518. The van der Waals surface area contributed by atoms with Gasteiger partial charge in [-0.15, -0.1) is 0 Å². The van der Waals surface area contributed by atoms with E-state index in [1.54, 1.807) is 47.4 Å². The van der Waals surface area contributed by atoms with Crippen LogP contribution in [-0.4, -0.2) is 19.1 Å². The fourth-order valence-electron chi connectivity index (χ4n) is 3.38. The van der Waals surface area contributed by atoms with Crippen LogP contribution in [0.3, 0.4) is 0 Å². The van der Waals surface area contributed by atoms with E-state index in [4.69, 9.17) is 0 Å². The lowest BCUT2D eigenvalue weighted by Gasteiger charge is -2.10. The molecule has 5 rings (SSSR count). The van der Waals surface area contributed by atoms with Gasteiger partial charge in [0.15, 0.2) is 0 Å². The van der Waals surface area contributed by atoms with Gasteiger partial charge in [-0.2, -0.15) is 0 Å². The van der Waals surface area contributed by atoms with Crippen LogP contribution in [0.1, 0.15) is 0 Å². The maximum atomic E-state index is 13.2. The lowest BCUT2D eigenvalue weighted by atomic mass is 10.1. The second kappa shape index (κ2) is 6.28. The molecule has 0 radical (unpaired) electrons. The molecule has 0 aliphatic carbocycles. The Bertz CT molecular complexity index is 1440. The molecular formula is C22H14N4O2. The molecule has 6 heteroatoms. The molecule has 0 N–H and O–H groups in total. The predicted octanol–water partition coefficient (Wildman–Crippen LogP) is 3.08. The summed E-state index contributed by atoms with van der Waals surface area (Å²) in [6.45, 7) is 0. The molecule has 0 aliphatic rings. The molecule has 0 fully saturated rings. The number of pyridine rings is 4. The lowest BCUT2D eigenvalue weighted by molar-refractivity contribution is 0.953. The summed E-state index contributed by atoms with van der Waals surface area (Å²) in [7, 11) is 0. The summed E-state index contributed by atoms with van der Waals surface area (Å²) in [4.78, 5) is 34.8. The van der Waals surface area contributed by atoms with Crippen molar-refractivity contribution in [1.82, 2.24) is 19.1 Å². The summed E-state index contributed by atoms with van der Waals surface area (Å²) >= 11 is 0. The Labute approximate surface area is 159 Å². The first-order valence-electron chi connectivity index (χ1n) is 8.76. The number of benzene rings is 1. The topological polar surface area (TPSA) is 69.8 Å². The van der Waals surface area contributed by atoms with Crippen LogP contribution >= 0.6 is 0 Å². The normalized spacial score (nSPS) is 11.1. The monoisotopic (exact) mass is 366 g/mol. The van der Waals surface area contributed by atoms with Crippen molar-refractivity contribution >= 4 is 21.7 Å². The van der Waals surface area contributed by atoms with E-state index in [1.807, 2.05) is 36.4 Å². The molecule has 0 saturated carbocycles. The molecule has 6 nitrogen and oxygen atoms in total. The number of hydrogen-bond acceptors (Lipinski definition) is 4. The van der Waals surface area contributed by atoms with Crippen molar-refractivity contribution in [3.05, 3.63) is 106 Å². The van der Waals surface area contributed by atoms with E-state index >= 15 is 0 Å². The van der Waals surface area contributed by atoms with Crippen molar-refractivity contribution in [2.75, 3.05) is 0 Å². The van der Waals surface area contributed by atoms with Gasteiger partial charge in [0, 0.05) is 35.9 Å². The number of para-hydroxylation sites is 1. The van der Waals surface area contributed by atoms with Crippen molar-refractivity contribution < 1.29 is 0 Å². The number of hydrogen-bond donors (Lipinski definition) is 0. The van der Waals surface area contributed by atoms with Crippen LogP contribution in [-0.2, 0) is 0 Å². The van der Waals surface area contributed by atoms with Gasteiger partial charge in [0.25, 0.3) is 11.1 Å². The van der Waals surface area contributed by atoms with Gasteiger partial charge in [-0.3, -0.25) is 23.7 Å². The zero-order chi connectivity index (χ0) is 19.1. The number of nitrogens with zero attached hydrogens (tertiary/aromatic N) is 4. The minimum absolute atomic E-state index is 0.217. The lowest BCUT2D eigenvalue weighted by Crippen LogP contribution is -2.21. The minimum Gasteiger partial charge on any atom is -0.284 e. The average molecular weight is 366 g/mol. The van der Waals surface area contributed by atoms with Crippen LogP contribution < -0.4 is 11.1 Å². The third-order valence-corrected chi connectivity index (χ3v) is 4.73. The third-order valence-electron chi connectivity index (χ3n) is 4.73. The number of aromatic nitrogens is 4. The first kappa shape index (κ1) is 16.1. The van der Waals surface area contributed by atoms with Gasteiger partial charge in [-0.25, -0.2) is 4.98 Å². The van der Waals surface area contributed by atoms with Gasteiger partial charge in [0.05, 0.1) is 16.3 Å². The Balaban J connectivity index is 1.84. The highest BCUT2D eigenvalue weighted by Gasteiger charge is 2.13. The van der Waals surface area contributed by atoms with Crippen LogP contribution in [0.25, 0.3) is 33.2 Å². The average Bonchev–Trinajstić information content (AvgIpc) is 2.75. The molecule has 0 bridgehead atoms. The smallest absolute Gasteiger partial charge is 0.266 e. The summed E-state index contributed by atoms with van der Waals surface area (Å²) in [6.07, 6.45) is 6.50. The molecular weight excluding hydrogens is 352 g/mol. The maximum absolute atomic E-state index is 13.2. The molecule has 1 aromatic carbocycles. The maximum Gasteiger partial charge on any atom is 0.266 e. The summed E-state index contributed by atoms with van der Waals surface area (Å²) in [5, 5.41) is 1.38. The first-order valence-corrected chi connectivity index (χ1v) is 8.76. The largest absolute Gasteiger partial charge is 0.284 e. The Morgan fingerprint density at radius 1 is 0.679 bits per heavy atom. The zero-order valence-electron chi connectivity index (χ0n) is 14.7. The van der Waals surface area contributed by atoms with E-state index in [0.717, 1.165) is 5.69 Å². The van der Waals surface area contributed by atoms with Crippen LogP contribution in [0.5, 0.6) is 0 Å². The van der Waals surface area contributed by atoms with Gasteiger partial charge in [-0.1, -0.05) is 24.3 Å². The van der Waals surface area contributed by atoms with Gasteiger partial charge in [0.1, 0.15) is 5.82 Å². The van der Waals surface area contributed by atoms with Crippen LogP contribution in [0.4, 0.5) is 0 Å². The van der Waals surface area contributed by atoms with E-state index in [-0.39, 0.29) is 11.1 Å². The summed E-state index contributed by atoms with van der Waals surface area (Å²) in [6, 6.07) is 18.3. The molecule has 5 aromatic rings. The molecule has 0 amide bonds. The molecule has 0 saturated heterocycles. The molecule has 134 valence electrons.